The molecular weight excluding hydrogens is 256 g/mol. The van der Waals surface area contributed by atoms with Gasteiger partial charge < -0.3 is 9.80 Å². The van der Waals surface area contributed by atoms with Gasteiger partial charge in [-0.15, -0.1) is 0 Å². The molecular formula is C19H22N2. The number of nitrogens with zero attached hydrogens (tertiary/aromatic N) is 2. The first-order valence-corrected chi connectivity index (χ1v) is 7.39. The fourth-order valence-corrected chi connectivity index (χ4v) is 3.31. The highest BCUT2D eigenvalue weighted by Gasteiger charge is 2.44. The maximum Gasteiger partial charge on any atom is 0.140 e. The fourth-order valence-electron chi connectivity index (χ4n) is 3.31. The number of para-hydroxylation sites is 1. The lowest BCUT2D eigenvalue weighted by molar-refractivity contribution is 0.214. The first-order valence-electron chi connectivity index (χ1n) is 7.39. The van der Waals surface area contributed by atoms with Crippen LogP contribution >= 0.6 is 0 Å². The van der Waals surface area contributed by atoms with Crippen molar-refractivity contribution in [2.75, 3.05) is 11.9 Å². The largest absolute Gasteiger partial charge is 0.350 e. The second-order valence-corrected chi connectivity index (χ2v) is 5.79. The van der Waals surface area contributed by atoms with E-state index >= 15 is 0 Å². The highest BCUT2D eigenvalue weighted by atomic mass is 15.4. The summed E-state index contributed by atoms with van der Waals surface area (Å²) in [5.74, 6) is 0. The van der Waals surface area contributed by atoms with Crippen molar-refractivity contribution in [3.05, 3.63) is 77.6 Å². The summed E-state index contributed by atoms with van der Waals surface area (Å²) >= 11 is 0. The predicted molar refractivity (Wildman–Crippen MR) is 88.9 cm³/mol. The normalized spacial score (nSPS) is 22.1. The van der Waals surface area contributed by atoms with Gasteiger partial charge in [-0.05, 0) is 38.5 Å². The van der Waals surface area contributed by atoms with Gasteiger partial charge in [0.05, 0.1) is 0 Å². The highest BCUT2D eigenvalue weighted by Crippen LogP contribution is 2.45. The molecule has 1 aliphatic heterocycles. The third kappa shape index (κ3) is 1.94. The summed E-state index contributed by atoms with van der Waals surface area (Å²) in [6.45, 7) is 6.68. The second-order valence-electron chi connectivity index (χ2n) is 5.79. The summed E-state index contributed by atoms with van der Waals surface area (Å²) in [5, 5.41) is 0. The van der Waals surface area contributed by atoms with E-state index < -0.39 is 0 Å². The monoisotopic (exact) mass is 278 g/mol. The zero-order valence-corrected chi connectivity index (χ0v) is 13.2. The standard InChI is InChI=1S/C19H22N2/c1-15-16(2)21(18-13-9-6-10-14-18)19(3,20(15)4)17-11-7-5-8-12-17/h5-14H,1-4H3. The Morgan fingerprint density at radius 1 is 0.762 bits per heavy atom. The number of anilines is 1. The van der Waals surface area contributed by atoms with E-state index in [9.17, 15) is 0 Å². The molecule has 1 atom stereocenters. The van der Waals surface area contributed by atoms with E-state index in [1.165, 1.54) is 22.6 Å². The first kappa shape index (κ1) is 13.7. The van der Waals surface area contributed by atoms with Crippen LogP contribution in [0.2, 0.25) is 0 Å². The summed E-state index contributed by atoms with van der Waals surface area (Å²) in [6, 6.07) is 21.3. The van der Waals surface area contributed by atoms with Gasteiger partial charge in [0.2, 0.25) is 0 Å². The van der Waals surface area contributed by atoms with Crippen LogP contribution in [0, 0.1) is 0 Å². The molecule has 1 aliphatic rings. The SMILES string of the molecule is CC1=C(C)N(c2ccccc2)C(C)(c2ccccc2)N1C. The van der Waals surface area contributed by atoms with Crippen LogP contribution in [0.3, 0.4) is 0 Å². The van der Waals surface area contributed by atoms with Gasteiger partial charge in [0.15, 0.2) is 0 Å². The van der Waals surface area contributed by atoms with Gasteiger partial charge in [-0.3, -0.25) is 0 Å². The molecule has 1 unspecified atom stereocenters. The minimum atomic E-state index is -0.198. The summed E-state index contributed by atoms with van der Waals surface area (Å²) in [7, 11) is 2.18. The van der Waals surface area contributed by atoms with E-state index in [2.05, 4.69) is 98.3 Å². The molecule has 0 amide bonds. The van der Waals surface area contributed by atoms with Crippen molar-refractivity contribution < 1.29 is 0 Å². The van der Waals surface area contributed by atoms with Crippen LogP contribution < -0.4 is 4.90 Å². The lowest BCUT2D eigenvalue weighted by atomic mass is 9.98. The Morgan fingerprint density at radius 3 is 1.86 bits per heavy atom. The fraction of sp³-hybridized carbons (Fsp3) is 0.263. The molecule has 1 heterocycles. The lowest BCUT2D eigenvalue weighted by Gasteiger charge is -2.43. The maximum absolute atomic E-state index is 2.43. The van der Waals surface area contributed by atoms with Crippen LogP contribution in [-0.4, -0.2) is 11.9 Å². The molecule has 2 nitrogen and oxygen atoms in total. The van der Waals surface area contributed by atoms with Crippen LogP contribution in [0.15, 0.2) is 72.1 Å². The van der Waals surface area contributed by atoms with E-state index in [1.807, 2.05) is 0 Å². The summed E-state index contributed by atoms with van der Waals surface area (Å²) in [5.41, 5.74) is 4.94. The molecule has 0 N–H and O–H groups in total. The maximum atomic E-state index is 2.43. The molecule has 0 spiro atoms. The number of allylic oxidation sites excluding steroid dienone is 2. The molecule has 2 aromatic carbocycles. The zero-order valence-electron chi connectivity index (χ0n) is 13.2. The van der Waals surface area contributed by atoms with Gasteiger partial charge in [0.1, 0.15) is 5.66 Å². The Labute approximate surface area is 127 Å². The van der Waals surface area contributed by atoms with Crippen molar-refractivity contribution >= 4 is 5.69 Å². The van der Waals surface area contributed by atoms with Crippen LogP contribution in [0.4, 0.5) is 5.69 Å². The van der Waals surface area contributed by atoms with Crippen molar-refractivity contribution in [3.8, 4) is 0 Å². The first-order chi connectivity index (χ1) is 10.1. The van der Waals surface area contributed by atoms with Crippen LogP contribution in [0.25, 0.3) is 0 Å². The number of rotatable bonds is 2. The third-order valence-electron chi connectivity index (χ3n) is 4.79. The Balaban J connectivity index is 2.19. The van der Waals surface area contributed by atoms with Gasteiger partial charge in [-0.2, -0.15) is 0 Å². The third-order valence-corrected chi connectivity index (χ3v) is 4.79. The van der Waals surface area contributed by atoms with Gasteiger partial charge in [-0.1, -0.05) is 48.5 Å². The molecule has 108 valence electrons. The molecule has 0 radical (unpaired) electrons. The number of benzene rings is 2. The Bertz CT molecular complexity index is 660. The van der Waals surface area contributed by atoms with E-state index in [1.54, 1.807) is 0 Å². The molecule has 0 bridgehead atoms. The Hall–Kier alpha value is -2.22. The van der Waals surface area contributed by atoms with E-state index in [0.29, 0.717) is 0 Å². The van der Waals surface area contributed by atoms with E-state index in [-0.39, 0.29) is 5.66 Å². The molecule has 2 heteroatoms. The average Bonchev–Trinajstić information content (AvgIpc) is 2.71. The summed E-state index contributed by atoms with van der Waals surface area (Å²) < 4.78 is 0. The van der Waals surface area contributed by atoms with Crippen molar-refractivity contribution in [2.45, 2.75) is 26.4 Å². The van der Waals surface area contributed by atoms with Crippen molar-refractivity contribution in [3.63, 3.8) is 0 Å². The van der Waals surface area contributed by atoms with Gasteiger partial charge in [0, 0.05) is 24.1 Å². The smallest absolute Gasteiger partial charge is 0.140 e. The number of hydrogen-bond acceptors (Lipinski definition) is 2. The van der Waals surface area contributed by atoms with Gasteiger partial charge >= 0.3 is 0 Å². The topological polar surface area (TPSA) is 6.48 Å². The van der Waals surface area contributed by atoms with Crippen molar-refractivity contribution in [2.24, 2.45) is 0 Å². The average molecular weight is 278 g/mol. The van der Waals surface area contributed by atoms with Crippen LogP contribution in [0.1, 0.15) is 26.3 Å². The molecule has 3 rings (SSSR count). The summed E-state index contributed by atoms with van der Waals surface area (Å²) in [4.78, 5) is 4.79. The van der Waals surface area contributed by atoms with Crippen LogP contribution in [0.5, 0.6) is 0 Å². The molecule has 0 aliphatic carbocycles. The van der Waals surface area contributed by atoms with Crippen molar-refractivity contribution in [1.82, 2.24) is 4.90 Å². The van der Waals surface area contributed by atoms with Gasteiger partial charge in [0.25, 0.3) is 0 Å². The summed E-state index contributed by atoms with van der Waals surface area (Å²) in [6.07, 6.45) is 0. The molecule has 0 aromatic heterocycles. The molecule has 0 fully saturated rings. The zero-order chi connectivity index (χ0) is 15.0. The molecule has 21 heavy (non-hydrogen) atoms. The molecule has 0 saturated carbocycles. The Kier molecular flexibility index (Phi) is 3.25. The van der Waals surface area contributed by atoms with E-state index in [0.717, 1.165) is 0 Å². The Morgan fingerprint density at radius 2 is 1.29 bits per heavy atom. The molecule has 0 saturated heterocycles. The minimum absolute atomic E-state index is 0.198. The predicted octanol–water partition coefficient (Wildman–Crippen LogP) is 4.56. The molecule has 2 aromatic rings. The van der Waals surface area contributed by atoms with E-state index in [4.69, 9.17) is 0 Å². The van der Waals surface area contributed by atoms with Crippen LogP contribution in [-0.2, 0) is 5.66 Å². The number of hydrogen-bond donors (Lipinski definition) is 0. The van der Waals surface area contributed by atoms with Gasteiger partial charge in [-0.25, -0.2) is 0 Å². The second kappa shape index (κ2) is 4.96. The quantitative estimate of drug-likeness (QED) is 0.794. The lowest BCUT2D eigenvalue weighted by Crippen LogP contribution is -2.48. The minimum Gasteiger partial charge on any atom is -0.350 e. The highest BCUT2D eigenvalue weighted by molar-refractivity contribution is 5.59. The van der Waals surface area contributed by atoms with Crippen molar-refractivity contribution in [1.29, 1.82) is 0 Å².